The molecule has 3 rings (SSSR count). The summed E-state index contributed by atoms with van der Waals surface area (Å²) in [6.45, 7) is 0.522. The number of halogens is 1. The van der Waals surface area contributed by atoms with Gasteiger partial charge in [-0.15, -0.1) is 0 Å². The Morgan fingerprint density at radius 2 is 2.29 bits per heavy atom. The van der Waals surface area contributed by atoms with E-state index >= 15 is 0 Å². The van der Waals surface area contributed by atoms with Crippen LogP contribution in [0.15, 0.2) is 35.1 Å². The summed E-state index contributed by atoms with van der Waals surface area (Å²) in [5.74, 6) is 0.884. The maximum absolute atomic E-state index is 12.8. The van der Waals surface area contributed by atoms with Crippen LogP contribution in [0.1, 0.15) is 29.0 Å². The lowest BCUT2D eigenvalue weighted by Gasteiger charge is -2.23. The number of carbonyl (C=O) groups excluding carboxylic acids is 1. The summed E-state index contributed by atoms with van der Waals surface area (Å²) >= 11 is 3.44. The first-order valence-electron chi connectivity index (χ1n) is 6.88. The van der Waals surface area contributed by atoms with Crippen LogP contribution in [-0.4, -0.2) is 26.4 Å². The van der Waals surface area contributed by atoms with Gasteiger partial charge in [-0.05, 0) is 47.0 Å². The lowest BCUT2D eigenvalue weighted by molar-refractivity contribution is 0.0723. The molecule has 0 unspecified atom stereocenters. The molecule has 1 aliphatic carbocycles. The predicted octanol–water partition coefficient (Wildman–Crippen LogP) is 2.57. The topological polar surface area (TPSA) is 64.2 Å². The summed E-state index contributed by atoms with van der Waals surface area (Å²) in [6.07, 6.45) is 5.74. The first kappa shape index (κ1) is 14.1. The molecule has 2 aromatic rings. The van der Waals surface area contributed by atoms with E-state index in [-0.39, 0.29) is 5.91 Å². The van der Waals surface area contributed by atoms with Crippen LogP contribution in [0, 0.1) is 0 Å². The van der Waals surface area contributed by atoms with Crippen molar-refractivity contribution in [2.75, 3.05) is 5.73 Å². The Morgan fingerprint density at radius 1 is 1.52 bits per heavy atom. The number of carbonyl (C=O) groups is 1. The highest BCUT2D eigenvalue weighted by atomic mass is 79.9. The van der Waals surface area contributed by atoms with Gasteiger partial charge in [-0.3, -0.25) is 4.79 Å². The maximum atomic E-state index is 12.8. The molecule has 0 aliphatic heterocycles. The number of hydrogen-bond acceptors (Lipinski definition) is 3. The van der Waals surface area contributed by atoms with Crippen LogP contribution >= 0.6 is 15.9 Å². The minimum atomic E-state index is -0.000301. The number of rotatable bonds is 4. The van der Waals surface area contributed by atoms with E-state index in [1.807, 2.05) is 28.8 Å². The minimum Gasteiger partial charge on any atom is -0.399 e. The molecule has 2 N–H and O–H groups in total. The van der Waals surface area contributed by atoms with Crippen molar-refractivity contribution in [2.45, 2.75) is 25.4 Å². The van der Waals surface area contributed by atoms with Crippen molar-refractivity contribution in [3.63, 3.8) is 0 Å². The van der Waals surface area contributed by atoms with Gasteiger partial charge in [0.1, 0.15) is 5.82 Å². The molecule has 1 aromatic carbocycles. The summed E-state index contributed by atoms with van der Waals surface area (Å²) in [5, 5.41) is 0. The molecular formula is C15H17BrN4O. The zero-order valence-electron chi connectivity index (χ0n) is 11.8. The van der Waals surface area contributed by atoms with Crippen molar-refractivity contribution in [2.24, 2.45) is 7.05 Å². The quantitative estimate of drug-likeness (QED) is 0.863. The van der Waals surface area contributed by atoms with Gasteiger partial charge < -0.3 is 15.2 Å². The molecule has 0 bridgehead atoms. The van der Waals surface area contributed by atoms with E-state index in [9.17, 15) is 4.79 Å². The van der Waals surface area contributed by atoms with Gasteiger partial charge in [0.2, 0.25) is 0 Å². The fraction of sp³-hybridized carbons (Fsp3) is 0.333. The van der Waals surface area contributed by atoms with Gasteiger partial charge in [0.15, 0.2) is 0 Å². The fourth-order valence-electron chi connectivity index (χ4n) is 2.32. The van der Waals surface area contributed by atoms with Crippen molar-refractivity contribution in [3.8, 4) is 0 Å². The van der Waals surface area contributed by atoms with Crippen molar-refractivity contribution >= 4 is 27.5 Å². The summed E-state index contributed by atoms with van der Waals surface area (Å²) in [7, 11) is 1.94. The van der Waals surface area contributed by atoms with E-state index in [1.165, 1.54) is 0 Å². The molecule has 110 valence electrons. The van der Waals surface area contributed by atoms with Crippen molar-refractivity contribution in [1.29, 1.82) is 0 Å². The van der Waals surface area contributed by atoms with E-state index in [1.54, 1.807) is 18.3 Å². The Morgan fingerprint density at radius 3 is 2.90 bits per heavy atom. The molecule has 6 heteroatoms. The Labute approximate surface area is 131 Å². The van der Waals surface area contributed by atoms with Crippen molar-refractivity contribution in [3.05, 3.63) is 46.5 Å². The van der Waals surface area contributed by atoms with E-state index < -0.39 is 0 Å². The van der Waals surface area contributed by atoms with Gasteiger partial charge in [0, 0.05) is 35.6 Å². The number of anilines is 1. The second kappa shape index (κ2) is 5.52. The number of aryl methyl sites for hydroxylation is 1. The fourth-order valence-corrected chi connectivity index (χ4v) is 2.73. The summed E-state index contributed by atoms with van der Waals surface area (Å²) in [5.41, 5.74) is 7.01. The molecule has 1 aliphatic rings. The van der Waals surface area contributed by atoms with Crippen LogP contribution in [0.5, 0.6) is 0 Å². The van der Waals surface area contributed by atoms with Gasteiger partial charge in [0.25, 0.3) is 5.91 Å². The Hall–Kier alpha value is -1.82. The average molecular weight is 349 g/mol. The van der Waals surface area contributed by atoms with Crippen LogP contribution < -0.4 is 5.73 Å². The van der Waals surface area contributed by atoms with Gasteiger partial charge in [-0.25, -0.2) is 4.98 Å². The molecule has 1 heterocycles. The molecule has 1 fully saturated rings. The van der Waals surface area contributed by atoms with Crippen molar-refractivity contribution in [1.82, 2.24) is 14.5 Å². The number of nitrogens with zero attached hydrogens (tertiary/aromatic N) is 3. The highest BCUT2D eigenvalue weighted by Crippen LogP contribution is 2.31. The first-order chi connectivity index (χ1) is 10.1. The number of nitrogen functional groups attached to an aromatic ring is 1. The maximum Gasteiger partial charge on any atom is 0.255 e. The lowest BCUT2D eigenvalue weighted by Crippen LogP contribution is -2.33. The third-order valence-electron chi connectivity index (χ3n) is 3.70. The molecule has 1 saturated carbocycles. The molecular weight excluding hydrogens is 332 g/mol. The number of imidazole rings is 1. The first-order valence-corrected chi connectivity index (χ1v) is 7.68. The minimum absolute atomic E-state index is 0.000301. The monoisotopic (exact) mass is 348 g/mol. The normalized spacial score (nSPS) is 14.2. The van der Waals surface area contributed by atoms with Crippen LogP contribution in [0.3, 0.4) is 0 Å². The molecule has 1 aromatic heterocycles. The number of benzene rings is 1. The number of hydrogen-bond donors (Lipinski definition) is 1. The molecule has 0 atom stereocenters. The summed E-state index contributed by atoms with van der Waals surface area (Å²) in [4.78, 5) is 19.0. The SMILES string of the molecule is Cn1ccnc1CN(C(=O)c1cc(N)ccc1Br)C1CC1. The van der Waals surface area contributed by atoms with Gasteiger partial charge in [-0.1, -0.05) is 0 Å². The molecule has 0 saturated heterocycles. The Bertz CT molecular complexity index is 678. The van der Waals surface area contributed by atoms with Crippen LogP contribution in [0.2, 0.25) is 0 Å². The average Bonchev–Trinajstić information content (AvgIpc) is 3.22. The van der Waals surface area contributed by atoms with Gasteiger partial charge >= 0.3 is 0 Å². The van der Waals surface area contributed by atoms with E-state index in [2.05, 4.69) is 20.9 Å². The Balaban J connectivity index is 1.88. The zero-order chi connectivity index (χ0) is 15.0. The van der Waals surface area contributed by atoms with Crippen LogP contribution in [0.25, 0.3) is 0 Å². The highest BCUT2D eigenvalue weighted by molar-refractivity contribution is 9.10. The number of amides is 1. The van der Waals surface area contributed by atoms with Gasteiger partial charge in [-0.2, -0.15) is 0 Å². The van der Waals surface area contributed by atoms with Crippen LogP contribution in [-0.2, 0) is 13.6 Å². The molecule has 21 heavy (non-hydrogen) atoms. The standard InChI is InChI=1S/C15H17BrN4O/c1-19-7-6-18-14(19)9-20(11-3-4-11)15(21)12-8-10(17)2-5-13(12)16/h2,5-8,11H,3-4,9,17H2,1H3. The second-order valence-electron chi connectivity index (χ2n) is 5.36. The zero-order valence-corrected chi connectivity index (χ0v) is 13.4. The van der Waals surface area contributed by atoms with E-state index in [4.69, 9.17) is 5.73 Å². The number of nitrogens with two attached hydrogens (primary N) is 1. The molecule has 5 nitrogen and oxygen atoms in total. The smallest absolute Gasteiger partial charge is 0.255 e. The molecule has 0 radical (unpaired) electrons. The number of aromatic nitrogens is 2. The third kappa shape index (κ3) is 2.95. The third-order valence-corrected chi connectivity index (χ3v) is 4.39. The second-order valence-corrected chi connectivity index (χ2v) is 6.21. The van der Waals surface area contributed by atoms with Crippen molar-refractivity contribution < 1.29 is 4.79 Å². The molecule has 1 amide bonds. The predicted molar refractivity (Wildman–Crippen MR) is 84.7 cm³/mol. The van der Waals surface area contributed by atoms with Gasteiger partial charge in [0.05, 0.1) is 12.1 Å². The van der Waals surface area contributed by atoms with Crippen LogP contribution in [0.4, 0.5) is 5.69 Å². The summed E-state index contributed by atoms with van der Waals surface area (Å²) in [6, 6.07) is 5.62. The largest absolute Gasteiger partial charge is 0.399 e. The Kier molecular flexibility index (Phi) is 3.71. The highest BCUT2D eigenvalue weighted by Gasteiger charge is 2.34. The summed E-state index contributed by atoms with van der Waals surface area (Å²) < 4.78 is 2.71. The van der Waals surface area contributed by atoms with E-state index in [0.717, 1.165) is 23.1 Å². The van der Waals surface area contributed by atoms with E-state index in [0.29, 0.717) is 23.8 Å². The molecule has 0 spiro atoms. The lowest BCUT2D eigenvalue weighted by atomic mass is 10.1.